The van der Waals surface area contributed by atoms with Gasteiger partial charge in [-0.1, -0.05) is 6.92 Å². The summed E-state index contributed by atoms with van der Waals surface area (Å²) in [5.74, 6) is 1.06. The van der Waals surface area contributed by atoms with Gasteiger partial charge in [0.25, 0.3) is 0 Å². The van der Waals surface area contributed by atoms with Crippen molar-refractivity contribution in [3.63, 3.8) is 0 Å². The molecule has 0 amide bonds. The van der Waals surface area contributed by atoms with E-state index in [1.807, 2.05) is 4.90 Å². The highest BCUT2D eigenvalue weighted by atomic mass is 79.9. The van der Waals surface area contributed by atoms with Crippen molar-refractivity contribution in [2.45, 2.75) is 19.8 Å². The molecule has 1 fully saturated rings. The number of pyridine rings is 1. The van der Waals surface area contributed by atoms with Crippen LogP contribution in [0, 0.1) is 5.92 Å². The van der Waals surface area contributed by atoms with Crippen LogP contribution in [0.5, 0.6) is 0 Å². The van der Waals surface area contributed by atoms with Crippen molar-refractivity contribution in [1.82, 2.24) is 4.98 Å². The Balaban J connectivity index is 2.38. The predicted octanol–water partition coefficient (Wildman–Crippen LogP) is 3.08. The van der Waals surface area contributed by atoms with Crippen LogP contribution in [0.25, 0.3) is 0 Å². The molecule has 0 radical (unpaired) electrons. The van der Waals surface area contributed by atoms with Crippen LogP contribution in [-0.4, -0.2) is 18.1 Å². The Morgan fingerprint density at radius 1 is 1.64 bits per heavy atom. The summed E-state index contributed by atoms with van der Waals surface area (Å²) in [6.07, 6.45) is 2.32. The van der Waals surface area contributed by atoms with Crippen LogP contribution in [0.2, 0.25) is 0 Å². The van der Waals surface area contributed by atoms with E-state index in [-0.39, 0.29) is 18.3 Å². The molecule has 1 aromatic heterocycles. The molecule has 3 heteroatoms. The fourth-order valence-corrected chi connectivity index (χ4v) is 1.99. The van der Waals surface area contributed by atoms with E-state index in [0.717, 1.165) is 19.5 Å². The van der Waals surface area contributed by atoms with Gasteiger partial charge in [0.2, 0.25) is 0 Å². The first-order valence-electron chi connectivity index (χ1n) is 6.39. The van der Waals surface area contributed by atoms with Crippen molar-refractivity contribution in [2.24, 2.45) is 5.92 Å². The zero-order chi connectivity index (χ0) is 12.6. The van der Waals surface area contributed by atoms with Crippen molar-refractivity contribution in [2.75, 3.05) is 18.0 Å². The normalized spacial score (nSPS) is 25.4. The van der Waals surface area contributed by atoms with E-state index in [4.69, 9.17) is 4.11 Å². The second kappa shape index (κ2) is 4.30. The van der Waals surface area contributed by atoms with E-state index in [2.05, 4.69) is 27.8 Å². The Morgan fingerprint density at radius 2 is 2.50 bits per heavy atom. The van der Waals surface area contributed by atoms with E-state index in [9.17, 15) is 0 Å². The highest BCUT2D eigenvalue weighted by molar-refractivity contribution is 9.10. The summed E-state index contributed by atoms with van der Waals surface area (Å²) in [7, 11) is 0. The number of halogens is 1. The van der Waals surface area contributed by atoms with Crippen LogP contribution in [-0.2, 0) is 0 Å². The number of aromatic nitrogens is 1. The first kappa shape index (κ1) is 6.83. The number of rotatable bonds is 1. The van der Waals surface area contributed by atoms with Crippen molar-refractivity contribution in [1.29, 1.82) is 0 Å². The molecule has 0 aromatic carbocycles. The Labute approximate surface area is 97.7 Å². The van der Waals surface area contributed by atoms with E-state index in [0.29, 0.717) is 16.2 Å². The van der Waals surface area contributed by atoms with Gasteiger partial charge in [-0.05, 0) is 46.8 Å². The first-order chi connectivity index (χ1) is 8.00. The fourth-order valence-electron chi connectivity index (χ4n) is 1.80. The number of hydrogen-bond donors (Lipinski definition) is 0. The van der Waals surface area contributed by atoms with Gasteiger partial charge in [-0.15, -0.1) is 0 Å². The molecule has 14 heavy (non-hydrogen) atoms. The maximum absolute atomic E-state index is 7.93. The van der Waals surface area contributed by atoms with Gasteiger partial charge in [0.1, 0.15) is 5.82 Å². The number of anilines is 1. The summed E-state index contributed by atoms with van der Waals surface area (Å²) >= 11 is 3.12. The van der Waals surface area contributed by atoms with E-state index < -0.39 is 0 Å². The van der Waals surface area contributed by atoms with Crippen LogP contribution in [0.3, 0.4) is 0 Å². The average molecular weight is 258 g/mol. The maximum atomic E-state index is 7.93. The third-order valence-corrected chi connectivity index (χ3v) is 2.88. The zero-order valence-electron chi connectivity index (χ0n) is 11.2. The minimum absolute atomic E-state index is 0.0410. The van der Waals surface area contributed by atoms with Crippen molar-refractivity contribution in [3.8, 4) is 0 Å². The largest absolute Gasteiger partial charge is 0.356 e. The minimum atomic E-state index is 0.0410. The second-order valence-electron chi connectivity index (χ2n) is 3.80. The van der Waals surface area contributed by atoms with Gasteiger partial charge in [-0.25, -0.2) is 4.98 Å². The molecule has 0 aliphatic carbocycles. The van der Waals surface area contributed by atoms with Gasteiger partial charge < -0.3 is 4.90 Å². The zero-order valence-corrected chi connectivity index (χ0v) is 9.76. The van der Waals surface area contributed by atoms with Gasteiger partial charge in [-0.3, -0.25) is 0 Å². The molecule has 0 spiro atoms. The molecule has 0 N–H and O–H groups in total. The standard InChI is InChI=1S/C11H15BrN2/c1-9-3-2-6-14(8-9)11-5-4-10(12)7-13-11/h4-5,7,9H,2-3,6,8H2,1H3/i4D,5D,7D. The van der Waals surface area contributed by atoms with Gasteiger partial charge in [0.05, 0.1) is 4.11 Å². The van der Waals surface area contributed by atoms with Crippen LogP contribution in [0.15, 0.2) is 22.7 Å². The van der Waals surface area contributed by atoms with Gasteiger partial charge in [0, 0.05) is 23.7 Å². The Hall–Kier alpha value is -0.570. The Bertz CT molecular complexity index is 439. The molecule has 2 nitrogen and oxygen atoms in total. The van der Waals surface area contributed by atoms with Crippen LogP contribution < -0.4 is 4.90 Å². The fraction of sp³-hybridized carbons (Fsp3) is 0.545. The molecule has 1 aliphatic heterocycles. The third kappa shape index (κ3) is 2.27. The van der Waals surface area contributed by atoms with Gasteiger partial charge in [-0.2, -0.15) is 0 Å². The second-order valence-corrected chi connectivity index (χ2v) is 4.60. The Kier molecular flexibility index (Phi) is 2.10. The summed E-state index contributed by atoms with van der Waals surface area (Å²) in [5.41, 5.74) is 0. The van der Waals surface area contributed by atoms with E-state index in [1.54, 1.807) is 0 Å². The monoisotopic (exact) mass is 257 g/mol. The van der Waals surface area contributed by atoms with Crippen LogP contribution >= 0.6 is 15.9 Å². The summed E-state index contributed by atoms with van der Waals surface area (Å²) in [5, 5.41) is 0. The van der Waals surface area contributed by atoms with Crippen molar-refractivity contribution < 1.29 is 4.11 Å². The van der Waals surface area contributed by atoms with Crippen molar-refractivity contribution in [3.05, 3.63) is 22.7 Å². The molecule has 1 aliphatic rings. The molecule has 76 valence electrons. The van der Waals surface area contributed by atoms with Crippen LogP contribution in [0.4, 0.5) is 5.82 Å². The van der Waals surface area contributed by atoms with Gasteiger partial charge in [0.15, 0.2) is 0 Å². The summed E-state index contributed by atoms with van der Waals surface area (Å²) in [6.45, 7) is 3.90. The molecule has 1 unspecified atom stereocenters. The van der Waals surface area contributed by atoms with E-state index >= 15 is 0 Å². The molecular weight excluding hydrogens is 240 g/mol. The number of hydrogen-bond acceptors (Lipinski definition) is 2. The number of nitrogens with zero attached hydrogens (tertiary/aromatic N) is 2. The smallest absolute Gasteiger partial charge is 0.128 e. The highest BCUT2D eigenvalue weighted by Gasteiger charge is 2.16. The first-order valence-corrected chi connectivity index (χ1v) is 5.68. The third-order valence-electron chi connectivity index (χ3n) is 2.50. The lowest BCUT2D eigenvalue weighted by Gasteiger charge is -2.31. The maximum Gasteiger partial charge on any atom is 0.128 e. The van der Waals surface area contributed by atoms with E-state index in [1.165, 1.54) is 6.42 Å². The number of piperidine rings is 1. The molecule has 0 bridgehead atoms. The Morgan fingerprint density at radius 3 is 3.29 bits per heavy atom. The highest BCUT2D eigenvalue weighted by Crippen LogP contribution is 2.21. The van der Waals surface area contributed by atoms with Crippen molar-refractivity contribution >= 4 is 21.7 Å². The van der Waals surface area contributed by atoms with Gasteiger partial charge >= 0.3 is 0 Å². The molecule has 1 aromatic rings. The lowest BCUT2D eigenvalue weighted by atomic mass is 10.0. The SMILES string of the molecule is [2H]c1nc(N2CCCC(C)C2)c([2H])c([2H])c1Br. The topological polar surface area (TPSA) is 16.1 Å². The molecule has 2 heterocycles. The quantitative estimate of drug-likeness (QED) is 0.769. The summed E-state index contributed by atoms with van der Waals surface area (Å²) in [6, 6.07) is 0.167. The average Bonchev–Trinajstić information content (AvgIpc) is 2.31. The lowest BCUT2D eigenvalue weighted by Crippen LogP contribution is -2.34. The molecule has 2 rings (SSSR count). The van der Waals surface area contributed by atoms with Crippen LogP contribution in [0.1, 0.15) is 23.9 Å². The molecule has 0 saturated carbocycles. The molecule has 1 saturated heterocycles. The lowest BCUT2D eigenvalue weighted by molar-refractivity contribution is 0.444. The summed E-state index contributed by atoms with van der Waals surface area (Å²) in [4.78, 5) is 6.16. The molecule has 1 atom stereocenters. The minimum Gasteiger partial charge on any atom is -0.356 e. The summed E-state index contributed by atoms with van der Waals surface area (Å²) < 4.78 is 23.7. The predicted molar refractivity (Wildman–Crippen MR) is 62.5 cm³/mol. The molecular formula is C11H15BrN2.